The molecule has 0 amide bonds. The van der Waals surface area contributed by atoms with Gasteiger partial charge < -0.3 is 5.11 Å². The Morgan fingerprint density at radius 1 is 0.870 bits per heavy atom. The topological polar surface area (TPSA) is 20.2 Å². The van der Waals surface area contributed by atoms with Gasteiger partial charge in [-0.05, 0) is 24.8 Å². The Morgan fingerprint density at radius 2 is 1.39 bits per heavy atom. The summed E-state index contributed by atoms with van der Waals surface area (Å²) in [6.45, 7) is 4.70. The molecule has 0 heterocycles. The zero-order valence-corrected chi connectivity index (χ0v) is 15.7. The molecule has 23 heavy (non-hydrogen) atoms. The van der Waals surface area contributed by atoms with Crippen LogP contribution in [0.2, 0.25) is 0 Å². The Bertz CT molecular complexity index is 300. The van der Waals surface area contributed by atoms with Crippen molar-refractivity contribution in [3.63, 3.8) is 0 Å². The molecule has 0 aromatic rings. The van der Waals surface area contributed by atoms with Crippen LogP contribution in [-0.2, 0) is 0 Å². The maximum absolute atomic E-state index is 9.18. The van der Waals surface area contributed by atoms with Crippen molar-refractivity contribution in [2.75, 3.05) is 0 Å². The number of allylic oxidation sites excluding steroid dienone is 1. The molecule has 0 aliphatic heterocycles. The lowest BCUT2D eigenvalue weighted by molar-refractivity contribution is 0.280. The van der Waals surface area contributed by atoms with Crippen molar-refractivity contribution in [1.29, 1.82) is 0 Å². The molecule has 2 atom stereocenters. The maximum atomic E-state index is 9.18. The number of hydrogen-bond donors (Lipinski definition) is 1. The first-order chi connectivity index (χ1) is 11.2. The van der Waals surface area contributed by atoms with E-state index >= 15 is 0 Å². The average molecular weight is 321 g/mol. The highest BCUT2D eigenvalue weighted by Crippen LogP contribution is 2.18. The predicted molar refractivity (Wildman–Crippen MR) is 103 cm³/mol. The van der Waals surface area contributed by atoms with Crippen molar-refractivity contribution in [3.05, 3.63) is 12.2 Å². The third kappa shape index (κ3) is 17.4. The first kappa shape index (κ1) is 22.3. The molecule has 1 nitrogen and oxygen atoms in total. The minimum atomic E-state index is -0.705. The van der Waals surface area contributed by atoms with Crippen LogP contribution < -0.4 is 0 Å². The van der Waals surface area contributed by atoms with E-state index in [1.54, 1.807) is 6.08 Å². The fourth-order valence-corrected chi connectivity index (χ4v) is 2.98. The lowest BCUT2D eigenvalue weighted by atomic mass is 9.96. The minimum absolute atomic E-state index is 0.705. The summed E-state index contributed by atoms with van der Waals surface area (Å²) in [6.07, 6.45) is 27.1. The normalized spacial score (nSPS) is 14.0. The summed E-state index contributed by atoms with van der Waals surface area (Å²) in [5, 5.41) is 9.18. The molecule has 0 aliphatic carbocycles. The van der Waals surface area contributed by atoms with Gasteiger partial charge in [-0.15, -0.1) is 6.42 Å². The van der Waals surface area contributed by atoms with E-state index in [0.717, 1.165) is 12.3 Å². The largest absolute Gasteiger partial charge is 0.377 e. The number of terminal acetylenes is 1. The van der Waals surface area contributed by atoms with Crippen molar-refractivity contribution in [1.82, 2.24) is 0 Å². The summed E-state index contributed by atoms with van der Waals surface area (Å²) in [4.78, 5) is 0. The predicted octanol–water partition coefficient (Wildman–Crippen LogP) is 6.65. The molecular weight excluding hydrogens is 280 g/mol. The molecule has 0 aliphatic rings. The Hall–Kier alpha value is -0.740. The first-order valence-corrected chi connectivity index (χ1v) is 10.0. The van der Waals surface area contributed by atoms with Crippen LogP contribution in [0.5, 0.6) is 0 Å². The molecule has 134 valence electrons. The zero-order valence-electron chi connectivity index (χ0n) is 15.7. The van der Waals surface area contributed by atoms with E-state index in [1.807, 2.05) is 6.08 Å². The van der Waals surface area contributed by atoms with E-state index in [1.165, 1.54) is 83.5 Å². The number of unbranched alkanes of at least 4 members (excludes halogenated alkanes) is 10. The summed E-state index contributed by atoms with van der Waals surface area (Å²) < 4.78 is 0. The molecule has 0 bridgehead atoms. The lowest BCUT2D eigenvalue weighted by Crippen LogP contribution is -1.95. The SMILES string of the molecule is C#C[C@H](O)/C=C/CCCCCCCC(C)CCCCCCCC. The van der Waals surface area contributed by atoms with Crippen molar-refractivity contribution in [2.24, 2.45) is 5.92 Å². The van der Waals surface area contributed by atoms with Crippen LogP contribution in [0.15, 0.2) is 12.2 Å². The molecule has 1 unspecified atom stereocenters. The fourth-order valence-electron chi connectivity index (χ4n) is 2.98. The van der Waals surface area contributed by atoms with Gasteiger partial charge in [-0.3, -0.25) is 0 Å². The van der Waals surface area contributed by atoms with E-state index in [9.17, 15) is 5.11 Å². The Balaban J connectivity index is 3.25. The molecule has 0 spiro atoms. The monoisotopic (exact) mass is 320 g/mol. The van der Waals surface area contributed by atoms with Gasteiger partial charge in [0.05, 0.1) is 0 Å². The highest BCUT2D eigenvalue weighted by atomic mass is 16.3. The summed E-state index contributed by atoms with van der Waals surface area (Å²) in [7, 11) is 0. The van der Waals surface area contributed by atoms with Gasteiger partial charge in [0, 0.05) is 0 Å². The van der Waals surface area contributed by atoms with Gasteiger partial charge in [0.2, 0.25) is 0 Å². The molecule has 1 heteroatoms. The molecule has 0 aromatic heterocycles. The van der Waals surface area contributed by atoms with E-state index < -0.39 is 6.10 Å². The quantitative estimate of drug-likeness (QED) is 0.192. The molecule has 0 rings (SSSR count). The van der Waals surface area contributed by atoms with Gasteiger partial charge >= 0.3 is 0 Å². The van der Waals surface area contributed by atoms with Crippen LogP contribution in [0.25, 0.3) is 0 Å². The highest BCUT2D eigenvalue weighted by Gasteiger charge is 2.02. The van der Waals surface area contributed by atoms with Crippen LogP contribution >= 0.6 is 0 Å². The third-order valence-electron chi connectivity index (χ3n) is 4.61. The van der Waals surface area contributed by atoms with E-state index in [2.05, 4.69) is 19.8 Å². The molecular formula is C22H40O. The van der Waals surface area contributed by atoms with Gasteiger partial charge in [-0.2, -0.15) is 0 Å². The summed E-state index contributed by atoms with van der Waals surface area (Å²) >= 11 is 0. The Morgan fingerprint density at radius 3 is 1.96 bits per heavy atom. The van der Waals surface area contributed by atoms with Gasteiger partial charge in [0.25, 0.3) is 0 Å². The van der Waals surface area contributed by atoms with E-state index in [-0.39, 0.29) is 0 Å². The van der Waals surface area contributed by atoms with Crippen LogP contribution in [0.4, 0.5) is 0 Å². The fraction of sp³-hybridized carbons (Fsp3) is 0.818. The number of rotatable bonds is 16. The molecule has 0 aromatic carbocycles. The Labute approximate surface area is 146 Å². The number of aliphatic hydroxyl groups excluding tert-OH is 1. The van der Waals surface area contributed by atoms with Gasteiger partial charge in [-0.25, -0.2) is 0 Å². The van der Waals surface area contributed by atoms with Crippen molar-refractivity contribution in [3.8, 4) is 12.3 Å². The summed E-state index contributed by atoms with van der Waals surface area (Å²) in [5.74, 6) is 3.20. The van der Waals surface area contributed by atoms with Crippen LogP contribution in [0, 0.1) is 18.3 Å². The second kappa shape index (κ2) is 17.6. The molecule has 0 radical (unpaired) electrons. The van der Waals surface area contributed by atoms with Crippen LogP contribution in [0.1, 0.15) is 104 Å². The van der Waals surface area contributed by atoms with Gasteiger partial charge in [0.1, 0.15) is 6.10 Å². The van der Waals surface area contributed by atoms with Gasteiger partial charge in [-0.1, -0.05) is 103 Å². The minimum Gasteiger partial charge on any atom is -0.377 e. The zero-order chi connectivity index (χ0) is 17.2. The number of hydrogen-bond acceptors (Lipinski definition) is 1. The highest BCUT2D eigenvalue weighted by molar-refractivity contribution is 5.05. The molecule has 1 N–H and O–H groups in total. The molecule has 0 fully saturated rings. The smallest absolute Gasteiger partial charge is 0.133 e. The third-order valence-corrected chi connectivity index (χ3v) is 4.61. The summed E-state index contributed by atoms with van der Waals surface area (Å²) in [6, 6.07) is 0. The first-order valence-electron chi connectivity index (χ1n) is 10.0. The van der Waals surface area contributed by atoms with Crippen LogP contribution in [-0.4, -0.2) is 11.2 Å². The van der Waals surface area contributed by atoms with E-state index in [0.29, 0.717) is 0 Å². The van der Waals surface area contributed by atoms with Crippen molar-refractivity contribution < 1.29 is 5.11 Å². The average Bonchev–Trinajstić information content (AvgIpc) is 2.56. The lowest BCUT2D eigenvalue weighted by Gasteiger charge is -2.11. The molecule has 0 saturated carbocycles. The van der Waals surface area contributed by atoms with Crippen molar-refractivity contribution in [2.45, 2.75) is 110 Å². The number of aliphatic hydroxyl groups is 1. The standard InChI is InChI=1S/C22H40O/c1-4-6-7-8-12-15-18-21(3)19-16-13-10-9-11-14-17-20-22(23)5-2/h2,17,20-23H,4,6-16,18-19H2,1,3H3/b20-17+/t21?,22-/m0/s1. The second-order valence-electron chi connectivity index (χ2n) is 7.05. The maximum Gasteiger partial charge on any atom is 0.133 e. The van der Waals surface area contributed by atoms with Crippen molar-refractivity contribution >= 4 is 0 Å². The van der Waals surface area contributed by atoms with Crippen LogP contribution in [0.3, 0.4) is 0 Å². The Kier molecular flexibility index (Phi) is 17.0. The van der Waals surface area contributed by atoms with Gasteiger partial charge in [0.15, 0.2) is 0 Å². The second-order valence-corrected chi connectivity index (χ2v) is 7.05. The van der Waals surface area contributed by atoms with E-state index in [4.69, 9.17) is 6.42 Å². The molecule has 0 saturated heterocycles. The summed E-state index contributed by atoms with van der Waals surface area (Å²) in [5.41, 5.74) is 0.